The van der Waals surface area contributed by atoms with E-state index in [4.69, 9.17) is 14.5 Å². The minimum absolute atomic E-state index is 0.00975. The highest BCUT2D eigenvalue weighted by atomic mass is 19.1. The third kappa shape index (κ3) is 5.15. The Morgan fingerprint density at radius 1 is 1.23 bits per heavy atom. The number of halogens is 2. The van der Waals surface area contributed by atoms with E-state index < -0.39 is 23.5 Å². The molecule has 4 rings (SSSR count). The van der Waals surface area contributed by atoms with Crippen LogP contribution in [0.1, 0.15) is 20.3 Å². The first-order chi connectivity index (χ1) is 16.8. The molecular weight excluding hydrogens is 456 g/mol. The van der Waals surface area contributed by atoms with Crippen LogP contribution in [0.2, 0.25) is 0 Å². The number of nitrogens with zero attached hydrogens (tertiary/aromatic N) is 6. The van der Waals surface area contributed by atoms with Crippen molar-refractivity contribution in [2.24, 2.45) is 12.0 Å². The molecule has 1 aliphatic rings. The maximum Gasteiger partial charge on any atom is 0.189 e. The van der Waals surface area contributed by atoms with E-state index in [1.165, 1.54) is 14.2 Å². The van der Waals surface area contributed by atoms with Crippen molar-refractivity contribution in [2.75, 3.05) is 20.8 Å². The largest absolute Gasteiger partial charge is 0.498 e. The first kappa shape index (κ1) is 24.7. The maximum absolute atomic E-state index is 15.1. The molecule has 1 atom stereocenters. The Bertz CT molecular complexity index is 1360. The Morgan fingerprint density at radius 2 is 2.03 bits per heavy atom. The van der Waals surface area contributed by atoms with Crippen molar-refractivity contribution in [1.82, 2.24) is 29.6 Å². The molecule has 0 radical (unpaired) electrons. The second kappa shape index (κ2) is 10.4. The zero-order valence-corrected chi connectivity index (χ0v) is 20.4. The standard InChI is InChI=1S/C24H29F2N7O2/c1-14(2)27-8-9-33-20(31-23-21(25)18(34-4)10-19(35-5)22(23)26)7-6-16-24(33)30-17(12-28-16)15-11-29-32(3)13-15/h6-7,11-14,18,27H,8-10H2,1-5H3/b31-20+. The van der Waals surface area contributed by atoms with E-state index in [2.05, 4.69) is 20.4 Å². The van der Waals surface area contributed by atoms with E-state index in [-0.39, 0.29) is 18.2 Å². The highest BCUT2D eigenvalue weighted by Crippen LogP contribution is 2.34. The topological polar surface area (TPSA) is 91.4 Å². The SMILES string of the molecule is COC1=C(F)C(/N=c2\ccc3ncc(-c4cnn(C)c4)nc3n2CCNC(C)C)=C(F)C(OC)C1. The number of nitrogens with one attached hydrogen (secondary N) is 1. The lowest BCUT2D eigenvalue weighted by atomic mass is 10.1. The van der Waals surface area contributed by atoms with Gasteiger partial charge < -0.3 is 19.4 Å². The molecule has 3 aromatic rings. The van der Waals surface area contributed by atoms with E-state index in [1.807, 2.05) is 27.1 Å². The summed E-state index contributed by atoms with van der Waals surface area (Å²) in [5, 5.41) is 7.56. The van der Waals surface area contributed by atoms with E-state index >= 15 is 8.78 Å². The van der Waals surface area contributed by atoms with Crippen molar-refractivity contribution in [2.45, 2.75) is 39.0 Å². The van der Waals surface area contributed by atoms with Crippen molar-refractivity contribution < 1.29 is 18.3 Å². The maximum atomic E-state index is 15.1. The Morgan fingerprint density at radius 3 is 2.69 bits per heavy atom. The van der Waals surface area contributed by atoms with Gasteiger partial charge in [-0.2, -0.15) is 5.10 Å². The van der Waals surface area contributed by atoms with E-state index in [0.717, 1.165) is 5.56 Å². The van der Waals surface area contributed by atoms with Crippen molar-refractivity contribution in [1.29, 1.82) is 0 Å². The zero-order chi connectivity index (χ0) is 25.1. The molecule has 1 aliphatic carbocycles. The lowest BCUT2D eigenvalue weighted by Crippen LogP contribution is -2.32. The molecule has 0 saturated carbocycles. The minimum atomic E-state index is -0.975. The Labute approximate surface area is 201 Å². The van der Waals surface area contributed by atoms with Gasteiger partial charge in [0.1, 0.15) is 28.6 Å². The van der Waals surface area contributed by atoms with Crippen LogP contribution in [-0.4, -0.2) is 57.2 Å². The highest BCUT2D eigenvalue weighted by molar-refractivity contribution is 5.73. The van der Waals surface area contributed by atoms with Crippen LogP contribution in [0.3, 0.4) is 0 Å². The summed E-state index contributed by atoms with van der Waals surface area (Å²) in [6.07, 6.45) is 4.20. The van der Waals surface area contributed by atoms with E-state index in [1.54, 1.807) is 33.8 Å². The average molecular weight is 486 g/mol. The van der Waals surface area contributed by atoms with Gasteiger partial charge in [-0.1, -0.05) is 13.8 Å². The van der Waals surface area contributed by atoms with Crippen molar-refractivity contribution >= 4 is 11.2 Å². The van der Waals surface area contributed by atoms with Crippen molar-refractivity contribution in [3.63, 3.8) is 0 Å². The monoisotopic (exact) mass is 485 g/mol. The number of fused-ring (bicyclic) bond motifs is 1. The number of aryl methyl sites for hydroxylation is 1. The molecule has 0 aliphatic heterocycles. The number of rotatable bonds is 8. The van der Waals surface area contributed by atoms with Gasteiger partial charge in [-0.25, -0.2) is 18.8 Å². The molecule has 0 amide bonds. The van der Waals surface area contributed by atoms with Gasteiger partial charge in [-0.05, 0) is 12.1 Å². The third-order valence-electron chi connectivity index (χ3n) is 5.68. The minimum Gasteiger partial charge on any atom is -0.498 e. The molecule has 9 nitrogen and oxygen atoms in total. The van der Waals surface area contributed by atoms with Crippen LogP contribution in [0.25, 0.3) is 22.4 Å². The Kier molecular flexibility index (Phi) is 7.37. The van der Waals surface area contributed by atoms with Gasteiger partial charge >= 0.3 is 0 Å². The second-order valence-corrected chi connectivity index (χ2v) is 8.50. The average Bonchev–Trinajstić information content (AvgIpc) is 3.28. The lowest BCUT2D eigenvalue weighted by Gasteiger charge is -2.22. The van der Waals surface area contributed by atoms with Crippen LogP contribution in [0.5, 0.6) is 0 Å². The first-order valence-corrected chi connectivity index (χ1v) is 11.3. The van der Waals surface area contributed by atoms with Gasteiger partial charge in [-0.15, -0.1) is 0 Å². The molecule has 0 saturated heterocycles. The fourth-order valence-electron chi connectivity index (χ4n) is 3.85. The number of aromatic nitrogens is 5. The predicted molar refractivity (Wildman–Crippen MR) is 127 cm³/mol. The number of allylic oxidation sites excluding steroid dienone is 1. The van der Waals surface area contributed by atoms with Gasteiger partial charge in [0.15, 0.2) is 17.3 Å². The number of pyridine rings is 1. The molecule has 3 heterocycles. The summed E-state index contributed by atoms with van der Waals surface area (Å²) in [6, 6.07) is 3.66. The van der Waals surface area contributed by atoms with Gasteiger partial charge in [-0.3, -0.25) is 9.67 Å². The van der Waals surface area contributed by atoms with Crippen LogP contribution in [0, 0.1) is 0 Å². The number of hydrogen-bond donors (Lipinski definition) is 1. The summed E-state index contributed by atoms with van der Waals surface area (Å²) in [5.74, 6) is -1.64. The number of ether oxygens (including phenoxy) is 2. The van der Waals surface area contributed by atoms with Crippen molar-refractivity contribution in [3.05, 3.63) is 59.3 Å². The third-order valence-corrected chi connectivity index (χ3v) is 5.68. The van der Waals surface area contributed by atoms with Crippen LogP contribution in [-0.2, 0) is 23.1 Å². The number of hydrogen-bond acceptors (Lipinski definition) is 7. The zero-order valence-electron chi connectivity index (χ0n) is 20.4. The molecule has 186 valence electrons. The molecule has 0 spiro atoms. The van der Waals surface area contributed by atoms with Crippen LogP contribution in [0.4, 0.5) is 8.78 Å². The highest BCUT2D eigenvalue weighted by Gasteiger charge is 2.31. The lowest BCUT2D eigenvalue weighted by molar-refractivity contribution is 0.0891. The van der Waals surface area contributed by atoms with Gasteiger partial charge in [0.2, 0.25) is 0 Å². The molecule has 1 N–H and O–H groups in total. The molecule has 1 unspecified atom stereocenters. The summed E-state index contributed by atoms with van der Waals surface area (Å²) in [4.78, 5) is 13.7. The smallest absolute Gasteiger partial charge is 0.189 e. The predicted octanol–water partition coefficient (Wildman–Crippen LogP) is 3.16. The molecule has 0 aromatic carbocycles. The molecule has 35 heavy (non-hydrogen) atoms. The van der Waals surface area contributed by atoms with Gasteiger partial charge in [0, 0.05) is 51.5 Å². The number of methoxy groups -OCH3 is 2. The summed E-state index contributed by atoms with van der Waals surface area (Å²) >= 11 is 0. The van der Waals surface area contributed by atoms with E-state index in [9.17, 15) is 0 Å². The normalized spacial score (nSPS) is 17.3. The summed E-state index contributed by atoms with van der Waals surface area (Å²) in [7, 11) is 4.52. The molecule has 0 bridgehead atoms. The second-order valence-electron chi connectivity index (χ2n) is 8.50. The van der Waals surface area contributed by atoms with Crippen LogP contribution < -0.4 is 10.8 Å². The Hall–Kier alpha value is -3.44. The Balaban J connectivity index is 1.92. The quantitative estimate of drug-likeness (QED) is 0.527. The van der Waals surface area contributed by atoms with Gasteiger partial charge in [0.05, 0.1) is 25.2 Å². The molecule has 3 aromatic heterocycles. The molecule has 0 fully saturated rings. The molecule has 11 heteroatoms. The van der Waals surface area contributed by atoms with Crippen LogP contribution in [0.15, 0.2) is 58.8 Å². The fourth-order valence-corrected chi connectivity index (χ4v) is 3.85. The molecular formula is C24H29F2N7O2. The van der Waals surface area contributed by atoms with Gasteiger partial charge in [0.25, 0.3) is 0 Å². The summed E-state index contributed by atoms with van der Waals surface area (Å²) in [5.41, 5.74) is 2.48. The first-order valence-electron chi connectivity index (χ1n) is 11.3. The fraction of sp³-hybridized carbons (Fsp3) is 0.417. The summed E-state index contributed by atoms with van der Waals surface area (Å²) < 4.78 is 44.0. The van der Waals surface area contributed by atoms with E-state index in [0.29, 0.717) is 35.4 Å². The summed E-state index contributed by atoms with van der Waals surface area (Å²) in [6.45, 7) is 5.12. The van der Waals surface area contributed by atoms with Crippen molar-refractivity contribution in [3.8, 4) is 11.3 Å². The van der Waals surface area contributed by atoms with Crippen LogP contribution >= 0.6 is 0 Å².